The maximum atomic E-state index is 12.9. The Bertz CT molecular complexity index is 906. The first kappa shape index (κ1) is 17.8. The van der Waals surface area contributed by atoms with Crippen LogP contribution in [0.2, 0.25) is 0 Å². The van der Waals surface area contributed by atoms with Crippen LogP contribution in [-0.2, 0) is 13.0 Å². The summed E-state index contributed by atoms with van der Waals surface area (Å²) in [6, 6.07) is 11.4. The van der Waals surface area contributed by atoms with Crippen molar-refractivity contribution in [3.63, 3.8) is 0 Å². The molecule has 2 atom stereocenters. The van der Waals surface area contributed by atoms with E-state index < -0.39 is 0 Å². The Labute approximate surface area is 158 Å². The summed E-state index contributed by atoms with van der Waals surface area (Å²) in [4.78, 5) is 25.5. The van der Waals surface area contributed by atoms with Crippen molar-refractivity contribution >= 4 is 5.91 Å². The number of pyridine rings is 1. The Kier molecular flexibility index (Phi) is 4.99. The van der Waals surface area contributed by atoms with Crippen LogP contribution in [-0.4, -0.2) is 37.2 Å². The molecule has 3 heterocycles. The SMILES string of the molecule is COc1ccccc1CCNC(=O)c1ccc2n(c1=O)C[C@@H]1CNC[C@H]2C1. The van der Waals surface area contributed by atoms with Gasteiger partial charge in [-0.3, -0.25) is 9.59 Å². The van der Waals surface area contributed by atoms with Gasteiger partial charge < -0.3 is 19.9 Å². The van der Waals surface area contributed by atoms with Gasteiger partial charge in [-0.25, -0.2) is 0 Å². The van der Waals surface area contributed by atoms with E-state index in [-0.39, 0.29) is 17.0 Å². The molecule has 0 spiro atoms. The zero-order chi connectivity index (χ0) is 18.8. The molecule has 1 aromatic carbocycles. The van der Waals surface area contributed by atoms with Gasteiger partial charge in [-0.1, -0.05) is 18.2 Å². The second-order valence-electron chi connectivity index (χ2n) is 7.36. The Morgan fingerprint density at radius 2 is 2.11 bits per heavy atom. The van der Waals surface area contributed by atoms with Crippen LogP contribution >= 0.6 is 0 Å². The number of carbonyl (C=O) groups is 1. The highest BCUT2D eigenvalue weighted by Gasteiger charge is 2.31. The van der Waals surface area contributed by atoms with Crippen molar-refractivity contribution in [1.29, 1.82) is 0 Å². The number of carbonyl (C=O) groups excluding carboxylic acids is 1. The first-order valence-corrected chi connectivity index (χ1v) is 9.52. The summed E-state index contributed by atoms with van der Waals surface area (Å²) in [5, 5.41) is 6.31. The molecule has 6 heteroatoms. The van der Waals surface area contributed by atoms with Crippen LogP contribution in [0.1, 0.15) is 34.0 Å². The highest BCUT2D eigenvalue weighted by atomic mass is 16.5. The molecule has 2 bridgehead atoms. The maximum absolute atomic E-state index is 12.9. The lowest BCUT2D eigenvalue weighted by molar-refractivity contribution is 0.0951. The molecule has 2 aliphatic rings. The van der Waals surface area contributed by atoms with E-state index >= 15 is 0 Å². The smallest absolute Gasteiger partial charge is 0.263 e. The summed E-state index contributed by atoms with van der Waals surface area (Å²) in [5.41, 5.74) is 2.14. The van der Waals surface area contributed by atoms with Gasteiger partial charge in [0.2, 0.25) is 0 Å². The number of methoxy groups -OCH3 is 1. The number of para-hydroxylation sites is 1. The largest absolute Gasteiger partial charge is 0.496 e. The fourth-order valence-corrected chi connectivity index (χ4v) is 4.28. The van der Waals surface area contributed by atoms with Gasteiger partial charge in [0.25, 0.3) is 11.5 Å². The Balaban J connectivity index is 1.47. The van der Waals surface area contributed by atoms with Crippen molar-refractivity contribution < 1.29 is 9.53 Å². The van der Waals surface area contributed by atoms with Gasteiger partial charge in [0.05, 0.1) is 7.11 Å². The van der Waals surface area contributed by atoms with Crippen LogP contribution in [0.25, 0.3) is 0 Å². The first-order chi connectivity index (χ1) is 13.2. The monoisotopic (exact) mass is 367 g/mol. The molecular weight excluding hydrogens is 342 g/mol. The minimum atomic E-state index is -0.306. The third-order valence-corrected chi connectivity index (χ3v) is 5.63. The first-order valence-electron chi connectivity index (χ1n) is 9.52. The van der Waals surface area contributed by atoms with Crippen LogP contribution in [0.4, 0.5) is 0 Å². The minimum absolute atomic E-state index is 0.168. The number of piperidine rings is 1. The molecule has 0 unspecified atom stereocenters. The molecule has 0 radical (unpaired) electrons. The number of rotatable bonds is 5. The molecule has 1 amide bonds. The fourth-order valence-electron chi connectivity index (χ4n) is 4.28. The predicted octanol–water partition coefficient (Wildman–Crippen LogP) is 1.54. The standard InChI is InChI=1S/C21H25N3O3/c1-27-19-5-3-2-4-15(19)8-9-23-20(25)17-6-7-18-16-10-14(11-22-12-16)13-24(18)21(17)26/h2-7,14,16,22H,8-13H2,1H3,(H,23,25)/t14-,16+/m0/s1. The molecule has 2 N–H and O–H groups in total. The third kappa shape index (κ3) is 3.49. The molecule has 1 aromatic heterocycles. The van der Waals surface area contributed by atoms with Crippen molar-refractivity contribution in [2.45, 2.75) is 25.3 Å². The summed E-state index contributed by atoms with van der Waals surface area (Å²) in [6.07, 6.45) is 1.77. The van der Waals surface area contributed by atoms with Gasteiger partial charge in [-0.05, 0) is 49.1 Å². The number of ether oxygens (including phenoxy) is 1. The molecule has 6 nitrogen and oxygen atoms in total. The van der Waals surface area contributed by atoms with E-state index in [4.69, 9.17) is 4.74 Å². The topological polar surface area (TPSA) is 72.4 Å². The maximum Gasteiger partial charge on any atom is 0.263 e. The summed E-state index contributed by atoms with van der Waals surface area (Å²) >= 11 is 0. The lowest BCUT2D eigenvalue weighted by Crippen LogP contribution is -2.46. The fraction of sp³-hybridized carbons (Fsp3) is 0.429. The Hall–Kier alpha value is -2.60. The van der Waals surface area contributed by atoms with E-state index in [2.05, 4.69) is 10.6 Å². The minimum Gasteiger partial charge on any atom is -0.496 e. The van der Waals surface area contributed by atoms with E-state index in [1.54, 1.807) is 13.2 Å². The highest BCUT2D eigenvalue weighted by Crippen LogP contribution is 2.31. The number of nitrogens with one attached hydrogen (secondary N) is 2. The van der Waals surface area contributed by atoms with Crippen molar-refractivity contribution in [1.82, 2.24) is 15.2 Å². The molecule has 1 fully saturated rings. The van der Waals surface area contributed by atoms with Gasteiger partial charge in [-0.15, -0.1) is 0 Å². The lowest BCUT2D eigenvalue weighted by Gasteiger charge is -2.37. The van der Waals surface area contributed by atoms with E-state index in [9.17, 15) is 9.59 Å². The molecule has 27 heavy (non-hydrogen) atoms. The number of aromatic nitrogens is 1. The third-order valence-electron chi connectivity index (χ3n) is 5.63. The zero-order valence-electron chi connectivity index (χ0n) is 15.5. The van der Waals surface area contributed by atoms with Gasteiger partial charge in [0.15, 0.2) is 0 Å². The molecule has 0 aliphatic carbocycles. The summed E-state index contributed by atoms with van der Waals surface area (Å²) < 4.78 is 7.15. The van der Waals surface area contributed by atoms with Gasteiger partial charge in [0.1, 0.15) is 11.3 Å². The molecule has 2 aliphatic heterocycles. The molecule has 4 rings (SSSR count). The summed E-state index contributed by atoms with van der Waals surface area (Å²) in [5.74, 6) is 1.34. The van der Waals surface area contributed by atoms with Crippen LogP contribution < -0.4 is 20.9 Å². The van der Waals surface area contributed by atoms with Crippen LogP contribution in [0, 0.1) is 5.92 Å². The molecule has 1 saturated heterocycles. The second kappa shape index (κ2) is 7.56. The average molecular weight is 367 g/mol. The van der Waals surface area contributed by atoms with Gasteiger partial charge in [0, 0.05) is 31.2 Å². The van der Waals surface area contributed by atoms with Crippen molar-refractivity contribution in [3.8, 4) is 5.75 Å². The number of amides is 1. The number of nitrogens with zero attached hydrogens (tertiary/aromatic N) is 1. The molecule has 142 valence electrons. The van der Waals surface area contributed by atoms with Crippen LogP contribution in [0.5, 0.6) is 5.75 Å². The van der Waals surface area contributed by atoms with Crippen molar-refractivity contribution in [2.75, 3.05) is 26.7 Å². The summed E-state index contributed by atoms with van der Waals surface area (Å²) in [7, 11) is 1.64. The van der Waals surface area contributed by atoms with Crippen LogP contribution in [0.15, 0.2) is 41.2 Å². The van der Waals surface area contributed by atoms with E-state index in [0.717, 1.165) is 36.5 Å². The molecule has 2 aromatic rings. The van der Waals surface area contributed by atoms with Crippen LogP contribution in [0.3, 0.4) is 0 Å². The van der Waals surface area contributed by atoms with Gasteiger partial charge >= 0.3 is 0 Å². The highest BCUT2D eigenvalue weighted by molar-refractivity contribution is 5.93. The Morgan fingerprint density at radius 1 is 1.26 bits per heavy atom. The zero-order valence-corrected chi connectivity index (χ0v) is 15.5. The number of benzene rings is 1. The van der Waals surface area contributed by atoms with Crippen molar-refractivity contribution in [2.24, 2.45) is 5.92 Å². The molecule has 0 saturated carbocycles. The number of hydrogen-bond acceptors (Lipinski definition) is 4. The number of fused-ring (bicyclic) bond motifs is 4. The quantitative estimate of drug-likeness (QED) is 0.841. The average Bonchev–Trinajstić information content (AvgIpc) is 2.69. The van der Waals surface area contributed by atoms with E-state index in [1.165, 1.54) is 0 Å². The number of hydrogen-bond donors (Lipinski definition) is 2. The summed E-state index contributed by atoms with van der Waals surface area (Å²) in [6.45, 7) is 2.99. The van der Waals surface area contributed by atoms with E-state index in [1.807, 2.05) is 34.9 Å². The normalized spacial score (nSPS) is 20.6. The Morgan fingerprint density at radius 3 is 2.96 bits per heavy atom. The van der Waals surface area contributed by atoms with Crippen molar-refractivity contribution in [3.05, 3.63) is 63.6 Å². The van der Waals surface area contributed by atoms with Gasteiger partial charge in [-0.2, -0.15) is 0 Å². The predicted molar refractivity (Wildman–Crippen MR) is 103 cm³/mol. The lowest BCUT2D eigenvalue weighted by atomic mass is 9.84. The van der Waals surface area contributed by atoms with E-state index in [0.29, 0.717) is 31.3 Å². The second-order valence-corrected chi connectivity index (χ2v) is 7.36. The molecular formula is C21H25N3O3.